The zero-order valence-electron chi connectivity index (χ0n) is 14.1. The standard InChI is InChI=1S/C18H18N2O5/c1-10-7-11-17(25-9-15(21)19-11)12(8-10)20-18(22)16-13(23-2)5-4-6-14(16)24-3/h4-8H,9H2,1-3H3,(H,19,21)(H,20,22). The Morgan fingerprint density at radius 1 is 1.20 bits per heavy atom. The molecule has 0 unspecified atom stereocenters. The summed E-state index contributed by atoms with van der Waals surface area (Å²) in [5.41, 5.74) is 2.14. The third kappa shape index (κ3) is 3.21. The molecule has 0 saturated carbocycles. The van der Waals surface area contributed by atoms with Crippen LogP contribution in [0.15, 0.2) is 30.3 Å². The monoisotopic (exact) mass is 342 g/mol. The fourth-order valence-electron chi connectivity index (χ4n) is 2.70. The van der Waals surface area contributed by atoms with Crippen LogP contribution in [0, 0.1) is 6.92 Å². The number of amides is 2. The van der Waals surface area contributed by atoms with Gasteiger partial charge in [-0.1, -0.05) is 6.07 Å². The summed E-state index contributed by atoms with van der Waals surface area (Å²) in [4.78, 5) is 24.3. The number of anilines is 2. The Kier molecular flexibility index (Phi) is 4.47. The minimum Gasteiger partial charge on any atom is -0.496 e. The van der Waals surface area contributed by atoms with Crippen molar-refractivity contribution in [2.75, 3.05) is 31.5 Å². The minimum atomic E-state index is -0.400. The van der Waals surface area contributed by atoms with Gasteiger partial charge in [0.1, 0.15) is 17.1 Å². The maximum atomic E-state index is 12.8. The van der Waals surface area contributed by atoms with Gasteiger partial charge < -0.3 is 24.8 Å². The van der Waals surface area contributed by atoms with Gasteiger partial charge in [0.05, 0.1) is 25.6 Å². The van der Waals surface area contributed by atoms with Crippen LogP contribution in [0.4, 0.5) is 11.4 Å². The molecule has 0 spiro atoms. The number of ether oxygens (including phenoxy) is 3. The molecule has 0 aromatic heterocycles. The van der Waals surface area contributed by atoms with E-state index in [1.807, 2.05) is 6.92 Å². The molecule has 2 aromatic carbocycles. The third-order valence-corrected chi connectivity index (χ3v) is 3.76. The topological polar surface area (TPSA) is 85.9 Å². The molecule has 7 nitrogen and oxygen atoms in total. The Bertz CT molecular complexity index is 825. The van der Waals surface area contributed by atoms with Crippen LogP contribution in [-0.4, -0.2) is 32.6 Å². The highest BCUT2D eigenvalue weighted by Gasteiger charge is 2.24. The van der Waals surface area contributed by atoms with Crippen LogP contribution in [0.2, 0.25) is 0 Å². The lowest BCUT2D eigenvalue weighted by molar-refractivity contribution is -0.118. The van der Waals surface area contributed by atoms with Crippen molar-refractivity contribution in [2.24, 2.45) is 0 Å². The number of hydrogen-bond donors (Lipinski definition) is 2. The van der Waals surface area contributed by atoms with Crippen LogP contribution < -0.4 is 24.8 Å². The molecule has 0 aliphatic carbocycles. The number of carbonyl (C=O) groups excluding carboxylic acids is 2. The number of nitrogens with one attached hydrogen (secondary N) is 2. The van der Waals surface area contributed by atoms with Crippen molar-refractivity contribution in [3.63, 3.8) is 0 Å². The number of rotatable bonds is 4. The smallest absolute Gasteiger partial charge is 0.263 e. The number of benzene rings is 2. The van der Waals surface area contributed by atoms with Gasteiger partial charge in [-0.25, -0.2) is 0 Å². The molecule has 1 aliphatic heterocycles. The Hall–Kier alpha value is -3.22. The Morgan fingerprint density at radius 2 is 1.88 bits per heavy atom. The van der Waals surface area contributed by atoms with Gasteiger partial charge in [0.2, 0.25) is 0 Å². The van der Waals surface area contributed by atoms with Crippen molar-refractivity contribution >= 4 is 23.2 Å². The first-order valence-corrected chi connectivity index (χ1v) is 7.63. The molecular weight excluding hydrogens is 324 g/mol. The van der Waals surface area contributed by atoms with E-state index in [0.29, 0.717) is 28.6 Å². The third-order valence-electron chi connectivity index (χ3n) is 3.76. The molecule has 25 heavy (non-hydrogen) atoms. The fourth-order valence-corrected chi connectivity index (χ4v) is 2.70. The molecule has 0 saturated heterocycles. The lowest BCUT2D eigenvalue weighted by atomic mass is 10.1. The summed E-state index contributed by atoms with van der Waals surface area (Å²) in [5.74, 6) is 0.581. The number of aryl methyl sites for hydroxylation is 1. The SMILES string of the molecule is COc1cccc(OC)c1C(=O)Nc1cc(C)cc2c1OCC(=O)N2. The molecule has 0 fully saturated rings. The fraction of sp³-hybridized carbons (Fsp3) is 0.222. The minimum absolute atomic E-state index is 0.100. The van der Waals surface area contributed by atoms with Crippen molar-refractivity contribution in [3.8, 4) is 17.2 Å². The number of fused-ring (bicyclic) bond motifs is 1. The summed E-state index contributed by atoms with van der Waals surface area (Å²) in [6, 6.07) is 8.66. The largest absolute Gasteiger partial charge is 0.496 e. The molecule has 0 radical (unpaired) electrons. The van der Waals surface area contributed by atoms with Crippen molar-refractivity contribution in [2.45, 2.75) is 6.92 Å². The predicted octanol–water partition coefficient (Wildman–Crippen LogP) is 2.60. The summed E-state index contributed by atoms with van der Waals surface area (Å²) in [6.07, 6.45) is 0. The highest BCUT2D eigenvalue weighted by Crippen LogP contribution is 2.38. The first-order chi connectivity index (χ1) is 12.0. The van der Waals surface area contributed by atoms with Crippen LogP contribution in [-0.2, 0) is 4.79 Å². The summed E-state index contributed by atoms with van der Waals surface area (Å²) < 4.78 is 16.0. The summed E-state index contributed by atoms with van der Waals surface area (Å²) in [7, 11) is 2.97. The zero-order valence-corrected chi connectivity index (χ0v) is 14.1. The maximum Gasteiger partial charge on any atom is 0.263 e. The van der Waals surface area contributed by atoms with Gasteiger partial charge in [-0.05, 0) is 36.8 Å². The Labute approximate surface area is 144 Å². The first-order valence-electron chi connectivity index (χ1n) is 7.63. The van der Waals surface area contributed by atoms with Crippen molar-refractivity contribution in [1.82, 2.24) is 0 Å². The maximum absolute atomic E-state index is 12.8. The highest BCUT2D eigenvalue weighted by atomic mass is 16.5. The Balaban J connectivity index is 1.99. The van der Waals surface area contributed by atoms with Crippen molar-refractivity contribution in [1.29, 1.82) is 0 Å². The second kappa shape index (κ2) is 6.72. The molecular formula is C18H18N2O5. The molecule has 1 heterocycles. The van der Waals surface area contributed by atoms with Crippen LogP contribution >= 0.6 is 0 Å². The van der Waals surface area contributed by atoms with E-state index in [1.54, 1.807) is 30.3 Å². The van der Waals surface area contributed by atoms with Crippen LogP contribution in [0.1, 0.15) is 15.9 Å². The summed E-state index contributed by atoms with van der Waals surface area (Å²) in [6.45, 7) is 1.76. The quantitative estimate of drug-likeness (QED) is 0.892. The molecule has 0 atom stereocenters. The average molecular weight is 342 g/mol. The van der Waals surface area contributed by atoms with E-state index in [0.717, 1.165) is 5.56 Å². The van der Waals surface area contributed by atoms with Gasteiger partial charge in [-0.3, -0.25) is 9.59 Å². The van der Waals surface area contributed by atoms with E-state index in [-0.39, 0.29) is 18.1 Å². The van der Waals surface area contributed by atoms with Crippen LogP contribution in [0.3, 0.4) is 0 Å². The van der Waals surface area contributed by atoms with E-state index < -0.39 is 5.91 Å². The molecule has 0 bridgehead atoms. The van der Waals surface area contributed by atoms with E-state index in [1.165, 1.54) is 14.2 Å². The molecule has 7 heteroatoms. The molecule has 2 aromatic rings. The van der Waals surface area contributed by atoms with Gasteiger partial charge in [0.15, 0.2) is 12.4 Å². The Morgan fingerprint density at radius 3 is 2.52 bits per heavy atom. The zero-order chi connectivity index (χ0) is 18.0. The molecule has 3 rings (SSSR count). The lowest BCUT2D eigenvalue weighted by Gasteiger charge is -2.22. The normalized spacial score (nSPS) is 12.5. The molecule has 130 valence electrons. The van der Waals surface area contributed by atoms with E-state index in [9.17, 15) is 9.59 Å². The summed E-state index contributed by atoms with van der Waals surface area (Å²) >= 11 is 0. The van der Waals surface area contributed by atoms with Gasteiger partial charge in [-0.2, -0.15) is 0 Å². The van der Waals surface area contributed by atoms with Crippen LogP contribution in [0.5, 0.6) is 17.2 Å². The van der Waals surface area contributed by atoms with Crippen molar-refractivity contribution in [3.05, 3.63) is 41.5 Å². The molecule has 2 amide bonds. The molecule has 2 N–H and O–H groups in total. The first kappa shape index (κ1) is 16.6. The van der Waals surface area contributed by atoms with Gasteiger partial charge >= 0.3 is 0 Å². The van der Waals surface area contributed by atoms with E-state index in [4.69, 9.17) is 14.2 Å². The number of hydrogen-bond acceptors (Lipinski definition) is 5. The van der Waals surface area contributed by atoms with Gasteiger partial charge in [-0.15, -0.1) is 0 Å². The van der Waals surface area contributed by atoms with E-state index >= 15 is 0 Å². The second-order valence-electron chi connectivity index (χ2n) is 5.52. The number of methoxy groups -OCH3 is 2. The predicted molar refractivity (Wildman–Crippen MR) is 92.8 cm³/mol. The van der Waals surface area contributed by atoms with E-state index in [2.05, 4.69) is 10.6 Å². The van der Waals surface area contributed by atoms with Gasteiger partial charge in [0.25, 0.3) is 11.8 Å². The average Bonchev–Trinajstić information content (AvgIpc) is 2.60. The lowest BCUT2D eigenvalue weighted by Crippen LogP contribution is -2.26. The highest BCUT2D eigenvalue weighted by molar-refractivity contribution is 6.10. The van der Waals surface area contributed by atoms with Crippen LogP contribution in [0.25, 0.3) is 0 Å². The summed E-state index contributed by atoms with van der Waals surface area (Å²) in [5, 5.41) is 5.55. The number of carbonyl (C=O) groups is 2. The van der Waals surface area contributed by atoms with Gasteiger partial charge in [0, 0.05) is 0 Å². The second-order valence-corrected chi connectivity index (χ2v) is 5.52. The molecule has 1 aliphatic rings. The van der Waals surface area contributed by atoms with Crippen molar-refractivity contribution < 1.29 is 23.8 Å².